The zero-order valence-corrected chi connectivity index (χ0v) is 6.45. The second-order valence-corrected chi connectivity index (χ2v) is 2.46. The lowest BCUT2D eigenvalue weighted by molar-refractivity contribution is -0.117. The summed E-state index contributed by atoms with van der Waals surface area (Å²) in [7, 11) is 0. The molecule has 0 bridgehead atoms. The van der Waals surface area contributed by atoms with Crippen LogP contribution in [0.25, 0.3) is 0 Å². The van der Waals surface area contributed by atoms with Crippen molar-refractivity contribution in [3.63, 3.8) is 0 Å². The van der Waals surface area contributed by atoms with E-state index in [1.807, 2.05) is 0 Å². The summed E-state index contributed by atoms with van der Waals surface area (Å²) in [6.07, 6.45) is 1.56. The molecule has 0 saturated heterocycles. The Labute approximate surface area is 69.2 Å². The van der Waals surface area contributed by atoms with Gasteiger partial charge in [-0.1, -0.05) is 6.07 Å². The van der Waals surface area contributed by atoms with Crippen molar-refractivity contribution in [2.45, 2.75) is 5.38 Å². The van der Waals surface area contributed by atoms with E-state index >= 15 is 0 Å². The smallest absolute Gasteiger partial charge is 0.241 e. The number of nitrogens with two attached hydrogens (primary N) is 1. The molecule has 0 fully saturated rings. The molecule has 58 valence electrons. The molecule has 4 heteroatoms. The Morgan fingerprint density at radius 2 is 2.36 bits per heavy atom. The van der Waals surface area contributed by atoms with Crippen molar-refractivity contribution in [3.05, 3.63) is 30.1 Å². The van der Waals surface area contributed by atoms with Crippen LogP contribution in [0.15, 0.2) is 24.4 Å². The molecule has 1 heterocycles. The van der Waals surface area contributed by atoms with Crippen molar-refractivity contribution in [3.8, 4) is 0 Å². The minimum Gasteiger partial charge on any atom is -0.368 e. The van der Waals surface area contributed by atoms with Crippen molar-refractivity contribution in [2.24, 2.45) is 5.73 Å². The second kappa shape index (κ2) is 3.34. The fourth-order valence-corrected chi connectivity index (χ4v) is 0.801. The molecule has 11 heavy (non-hydrogen) atoms. The van der Waals surface area contributed by atoms with Gasteiger partial charge in [0.25, 0.3) is 0 Å². The molecule has 0 spiro atoms. The molecule has 0 radical (unpaired) electrons. The van der Waals surface area contributed by atoms with Gasteiger partial charge in [-0.05, 0) is 12.1 Å². The molecule has 3 nitrogen and oxygen atoms in total. The maximum Gasteiger partial charge on any atom is 0.241 e. The normalized spacial score (nSPS) is 12.5. The number of amides is 1. The summed E-state index contributed by atoms with van der Waals surface area (Å²) >= 11 is 5.60. The molecule has 2 N–H and O–H groups in total. The van der Waals surface area contributed by atoms with E-state index in [1.165, 1.54) is 0 Å². The van der Waals surface area contributed by atoms with E-state index in [2.05, 4.69) is 4.98 Å². The van der Waals surface area contributed by atoms with Crippen LogP contribution in [0.4, 0.5) is 0 Å². The summed E-state index contributed by atoms with van der Waals surface area (Å²) in [5, 5.41) is -0.823. The first-order valence-electron chi connectivity index (χ1n) is 3.06. The average Bonchev–Trinajstić information content (AvgIpc) is 2.05. The number of alkyl halides is 1. The third kappa shape index (κ3) is 1.91. The SMILES string of the molecule is NC(=O)C(Cl)c1ccccn1. The Morgan fingerprint density at radius 1 is 1.64 bits per heavy atom. The quantitative estimate of drug-likeness (QED) is 0.669. The van der Waals surface area contributed by atoms with E-state index in [-0.39, 0.29) is 0 Å². The van der Waals surface area contributed by atoms with Crippen LogP contribution < -0.4 is 5.73 Å². The predicted molar refractivity (Wildman–Crippen MR) is 42.0 cm³/mol. The Bertz CT molecular complexity index is 250. The summed E-state index contributed by atoms with van der Waals surface area (Å²) < 4.78 is 0. The van der Waals surface area contributed by atoms with Gasteiger partial charge in [0.15, 0.2) is 5.38 Å². The molecule has 1 atom stereocenters. The summed E-state index contributed by atoms with van der Waals surface area (Å²) in [5.74, 6) is -0.578. The van der Waals surface area contributed by atoms with Crippen LogP contribution in [-0.4, -0.2) is 10.9 Å². The van der Waals surface area contributed by atoms with E-state index in [0.717, 1.165) is 0 Å². The first-order chi connectivity index (χ1) is 5.22. The monoisotopic (exact) mass is 170 g/mol. The third-order valence-electron chi connectivity index (χ3n) is 1.20. The Kier molecular flexibility index (Phi) is 2.44. The van der Waals surface area contributed by atoms with Crippen LogP contribution in [-0.2, 0) is 4.79 Å². The maximum absolute atomic E-state index is 10.6. The number of primary amides is 1. The van der Waals surface area contributed by atoms with Gasteiger partial charge < -0.3 is 5.73 Å². The molecule has 1 unspecified atom stereocenters. The first kappa shape index (κ1) is 8.01. The fourth-order valence-electron chi connectivity index (χ4n) is 0.672. The first-order valence-corrected chi connectivity index (χ1v) is 3.50. The lowest BCUT2D eigenvalue weighted by Gasteiger charge is -2.01. The van der Waals surface area contributed by atoms with E-state index < -0.39 is 11.3 Å². The molecule has 1 rings (SSSR count). The minimum atomic E-state index is -0.823. The number of carbonyl (C=O) groups is 1. The van der Waals surface area contributed by atoms with E-state index in [4.69, 9.17) is 17.3 Å². The van der Waals surface area contributed by atoms with Crippen molar-refractivity contribution >= 4 is 17.5 Å². The van der Waals surface area contributed by atoms with E-state index in [0.29, 0.717) is 5.69 Å². The van der Waals surface area contributed by atoms with E-state index in [9.17, 15) is 4.79 Å². The van der Waals surface area contributed by atoms with Gasteiger partial charge in [0.2, 0.25) is 5.91 Å². The van der Waals surface area contributed by atoms with Crippen LogP contribution in [0.2, 0.25) is 0 Å². The Morgan fingerprint density at radius 3 is 2.82 bits per heavy atom. The highest BCUT2D eigenvalue weighted by Crippen LogP contribution is 2.15. The van der Waals surface area contributed by atoms with Gasteiger partial charge >= 0.3 is 0 Å². The number of carbonyl (C=O) groups excluding carboxylic acids is 1. The molecule has 0 saturated carbocycles. The number of hydrogen-bond donors (Lipinski definition) is 1. The van der Waals surface area contributed by atoms with Crippen LogP contribution in [0.1, 0.15) is 11.1 Å². The molecule has 0 aliphatic carbocycles. The number of hydrogen-bond acceptors (Lipinski definition) is 2. The lowest BCUT2D eigenvalue weighted by Crippen LogP contribution is -2.17. The Hall–Kier alpha value is -1.09. The maximum atomic E-state index is 10.6. The summed E-state index contributed by atoms with van der Waals surface area (Å²) in [5.41, 5.74) is 5.44. The van der Waals surface area contributed by atoms with Crippen molar-refractivity contribution in [1.82, 2.24) is 4.98 Å². The highest BCUT2D eigenvalue weighted by Gasteiger charge is 2.13. The third-order valence-corrected chi connectivity index (χ3v) is 1.64. The van der Waals surface area contributed by atoms with Gasteiger partial charge in [-0.25, -0.2) is 0 Å². The number of halogens is 1. The van der Waals surface area contributed by atoms with Gasteiger partial charge in [-0.2, -0.15) is 0 Å². The highest BCUT2D eigenvalue weighted by atomic mass is 35.5. The van der Waals surface area contributed by atoms with Crippen LogP contribution in [0.5, 0.6) is 0 Å². The van der Waals surface area contributed by atoms with Crippen LogP contribution in [0.3, 0.4) is 0 Å². The second-order valence-electron chi connectivity index (χ2n) is 2.02. The van der Waals surface area contributed by atoms with Crippen molar-refractivity contribution < 1.29 is 4.79 Å². The molecule has 1 aromatic heterocycles. The van der Waals surface area contributed by atoms with Gasteiger partial charge in [-0.3, -0.25) is 9.78 Å². The van der Waals surface area contributed by atoms with Crippen molar-refractivity contribution in [2.75, 3.05) is 0 Å². The molecule has 1 aromatic rings. The van der Waals surface area contributed by atoms with Crippen LogP contribution in [0, 0.1) is 0 Å². The molecule has 0 aliphatic heterocycles. The topological polar surface area (TPSA) is 56.0 Å². The predicted octanol–water partition coefficient (Wildman–Crippen LogP) is 0.847. The summed E-state index contributed by atoms with van der Waals surface area (Å²) in [4.78, 5) is 14.4. The largest absolute Gasteiger partial charge is 0.368 e. The lowest BCUT2D eigenvalue weighted by atomic mass is 10.2. The van der Waals surface area contributed by atoms with Gasteiger partial charge in [-0.15, -0.1) is 11.6 Å². The number of nitrogens with zero attached hydrogens (tertiary/aromatic N) is 1. The number of aromatic nitrogens is 1. The molecule has 0 aliphatic rings. The van der Waals surface area contributed by atoms with Crippen LogP contribution >= 0.6 is 11.6 Å². The summed E-state index contributed by atoms with van der Waals surface area (Å²) in [6.45, 7) is 0. The average molecular weight is 171 g/mol. The fraction of sp³-hybridized carbons (Fsp3) is 0.143. The zero-order valence-electron chi connectivity index (χ0n) is 5.70. The highest BCUT2D eigenvalue weighted by molar-refractivity contribution is 6.30. The Balaban J connectivity index is 2.85. The minimum absolute atomic E-state index is 0.488. The molecule has 1 amide bonds. The number of pyridine rings is 1. The standard InChI is InChI=1S/C7H7ClN2O/c8-6(7(9)11)5-3-1-2-4-10-5/h1-4,6H,(H2,9,11). The van der Waals surface area contributed by atoms with Gasteiger partial charge in [0.1, 0.15) is 0 Å². The molecule has 0 aromatic carbocycles. The van der Waals surface area contributed by atoms with E-state index in [1.54, 1.807) is 24.4 Å². The molecular weight excluding hydrogens is 164 g/mol. The molecular formula is C7H7ClN2O. The van der Waals surface area contributed by atoms with Crippen molar-refractivity contribution in [1.29, 1.82) is 0 Å². The summed E-state index contributed by atoms with van der Waals surface area (Å²) in [6, 6.07) is 5.15. The zero-order chi connectivity index (χ0) is 8.27. The number of rotatable bonds is 2. The van der Waals surface area contributed by atoms with Gasteiger partial charge in [0, 0.05) is 6.20 Å². The van der Waals surface area contributed by atoms with Gasteiger partial charge in [0.05, 0.1) is 5.69 Å².